The van der Waals surface area contributed by atoms with Crippen molar-refractivity contribution in [2.24, 2.45) is 5.92 Å². The minimum atomic E-state index is 0.652. The highest BCUT2D eigenvalue weighted by Crippen LogP contribution is 2.18. The molecule has 1 atom stereocenters. The van der Waals surface area contributed by atoms with E-state index in [1.165, 1.54) is 18.5 Å². The van der Waals surface area contributed by atoms with Gasteiger partial charge in [0, 0.05) is 25.6 Å². The van der Waals surface area contributed by atoms with Crippen LogP contribution in [0.15, 0.2) is 30.6 Å². The van der Waals surface area contributed by atoms with E-state index in [0.29, 0.717) is 5.92 Å². The summed E-state index contributed by atoms with van der Waals surface area (Å²) in [5, 5.41) is 0. The Balaban J connectivity index is 1.78. The van der Waals surface area contributed by atoms with E-state index in [2.05, 4.69) is 15.6 Å². The van der Waals surface area contributed by atoms with Gasteiger partial charge in [0.1, 0.15) is 5.65 Å². The number of pyridine rings is 1. The van der Waals surface area contributed by atoms with E-state index >= 15 is 0 Å². The molecule has 84 valence electrons. The van der Waals surface area contributed by atoms with E-state index in [-0.39, 0.29) is 0 Å². The summed E-state index contributed by atoms with van der Waals surface area (Å²) in [5.74, 6) is 0.652. The highest BCUT2D eigenvalue weighted by molar-refractivity contribution is 5.39. The van der Waals surface area contributed by atoms with Crippen molar-refractivity contribution in [3.05, 3.63) is 36.3 Å². The molecule has 16 heavy (non-hydrogen) atoms. The van der Waals surface area contributed by atoms with Gasteiger partial charge in [-0.3, -0.25) is 0 Å². The molecule has 0 amide bonds. The zero-order valence-electron chi connectivity index (χ0n) is 9.30. The number of imidazole rings is 1. The highest BCUT2D eigenvalue weighted by Gasteiger charge is 2.15. The molecule has 0 saturated carbocycles. The summed E-state index contributed by atoms with van der Waals surface area (Å²) in [6, 6.07) is 6.10. The Kier molecular flexibility index (Phi) is 2.62. The molecule has 1 unspecified atom stereocenters. The molecule has 2 aromatic heterocycles. The van der Waals surface area contributed by atoms with Gasteiger partial charge in [-0.05, 0) is 37.3 Å². The number of ether oxygens (including phenoxy) is 1. The van der Waals surface area contributed by atoms with Gasteiger partial charge in [0.05, 0.1) is 5.69 Å². The Bertz CT molecular complexity index is 438. The topological polar surface area (TPSA) is 26.5 Å². The molecule has 0 bridgehead atoms. The third kappa shape index (κ3) is 1.95. The molecule has 0 aromatic carbocycles. The van der Waals surface area contributed by atoms with E-state index in [4.69, 9.17) is 4.74 Å². The summed E-state index contributed by atoms with van der Waals surface area (Å²) in [6.07, 6.45) is 7.68. The van der Waals surface area contributed by atoms with Crippen LogP contribution in [0.25, 0.3) is 5.65 Å². The summed E-state index contributed by atoms with van der Waals surface area (Å²) < 4.78 is 7.58. The van der Waals surface area contributed by atoms with Gasteiger partial charge < -0.3 is 9.14 Å². The SMILES string of the molecule is c1ccn2cc(CC3CCCOC3)nc2c1. The van der Waals surface area contributed by atoms with Gasteiger partial charge >= 0.3 is 0 Å². The fourth-order valence-corrected chi connectivity index (χ4v) is 2.35. The van der Waals surface area contributed by atoms with E-state index < -0.39 is 0 Å². The second kappa shape index (κ2) is 4.26. The third-order valence-corrected chi connectivity index (χ3v) is 3.17. The Labute approximate surface area is 95.1 Å². The predicted molar refractivity (Wildman–Crippen MR) is 62.4 cm³/mol. The monoisotopic (exact) mass is 216 g/mol. The van der Waals surface area contributed by atoms with Crippen molar-refractivity contribution in [2.75, 3.05) is 13.2 Å². The second-order valence-corrected chi connectivity index (χ2v) is 4.49. The fraction of sp³-hybridized carbons (Fsp3) is 0.462. The van der Waals surface area contributed by atoms with Crippen molar-refractivity contribution in [1.29, 1.82) is 0 Å². The van der Waals surface area contributed by atoms with E-state index in [0.717, 1.165) is 25.3 Å². The lowest BCUT2D eigenvalue weighted by atomic mass is 9.97. The molecule has 0 aliphatic carbocycles. The Morgan fingerprint density at radius 2 is 2.44 bits per heavy atom. The molecule has 2 aromatic rings. The van der Waals surface area contributed by atoms with Crippen LogP contribution in [0.5, 0.6) is 0 Å². The highest BCUT2D eigenvalue weighted by atomic mass is 16.5. The molecule has 3 heteroatoms. The lowest BCUT2D eigenvalue weighted by molar-refractivity contribution is 0.0547. The second-order valence-electron chi connectivity index (χ2n) is 4.49. The summed E-state index contributed by atoms with van der Waals surface area (Å²) >= 11 is 0. The van der Waals surface area contributed by atoms with Gasteiger partial charge in [-0.25, -0.2) is 4.98 Å². The first-order valence-electron chi connectivity index (χ1n) is 5.92. The number of fused-ring (bicyclic) bond motifs is 1. The van der Waals surface area contributed by atoms with Gasteiger partial charge in [-0.1, -0.05) is 6.07 Å². The largest absolute Gasteiger partial charge is 0.381 e. The van der Waals surface area contributed by atoms with Crippen LogP contribution in [0.1, 0.15) is 18.5 Å². The minimum Gasteiger partial charge on any atom is -0.381 e. The number of rotatable bonds is 2. The summed E-state index contributed by atoms with van der Waals surface area (Å²) in [4.78, 5) is 4.61. The summed E-state index contributed by atoms with van der Waals surface area (Å²) in [7, 11) is 0. The van der Waals surface area contributed by atoms with E-state index in [1.807, 2.05) is 24.4 Å². The van der Waals surface area contributed by atoms with Gasteiger partial charge in [0.15, 0.2) is 0 Å². The quantitative estimate of drug-likeness (QED) is 0.770. The van der Waals surface area contributed by atoms with Gasteiger partial charge in [0.2, 0.25) is 0 Å². The fourth-order valence-electron chi connectivity index (χ4n) is 2.35. The third-order valence-electron chi connectivity index (χ3n) is 3.17. The normalized spacial score (nSPS) is 21.4. The molecule has 3 heterocycles. The van der Waals surface area contributed by atoms with Crippen LogP contribution < -0.4 is 0 Å². The van der Waals surface area contributed by atoms with E-state index in [9.17, 15) is 0 Å². The van der Waals surface area contributed by atoms with Crippen LogP contribution in [0, 0.1) is 5.92 Å². The number of aromatic nitrogens is 2. The molecule has 1 saturated heterocycles. The summed E-state index contributed by atoms with van der Waals surface area (Å²) in [6.45, 7) is 1.83. The van der Waals surface area contributed by atoms with Gasteiger partial charge in [0.25, 0.3) is 0 Å². The van der Waals surface area contributed by atoms with Crippen LogP contribution >= 0.6 is 0 Å². The minimum absolute atomic E-state index is 0.652. The maximum atomic E-state index is 5.49. The standard InChI is InChI=1S/C13H16N2O/c1-2-6-15-9-12(14-13(15)5-1)8-11-4-3-7-16-10-11/h1-2,5-6,9,11H,3-4,7-8,10H2. The van der Waals surface area contributed by atoms with Crippen molar-refractivity contribution >= 4 is 5.65 Å². The van der Waals surface area contributed by atoms with Crippen molar-refractivity contribution in [2.45, 2.75) is 19.3 Å². The predicted octanol–water partition coefficient (Wildman–Crippen LogP) is 2.30. The van der Waals surface area contributed by atoms with Crippen LogP contribution in [-0.4, -0.2) is 22.6 Å². The summed E-state index contributed by atoms with van der Waals surface area (Å²) in [5.41, 5.74) is 2.22. The van der Waals surface area contributed by atoms with Crippen LogP contribution in [-0.2, 0) is 11.2 Å². The first-order chi connectivity index (χ1) is 7.92. The molecule has 3 nitrogen and oxygen atoms in total. The average molecular weight is 216 g/mol. The number of hydrogen-bond donors (Lipinski definition) is 0. The Hall–Kier alpha value is -1.35. The molecule has 3 rings (SSSR count). The van der Waals surface area contributed by atoms with E-state index in [1.54, 1.807) is 0 Å². The first-order valence-corrected chi connectivity index (χ1v) is 5.92. The van der Waals surface area contributed by atoms with Crippen LogP contribution in [0.2, 0.25) is 0 Å². The molecular formula is C13H16N2O. The average Bonchev–Trinajstić information content (AvgIpc) is 2.72. The molecule has 0 radical (unpaired) electrons. The number of nitrogens with zero attached hydrogens (tertiary/aromatic N) is 2. The number of hydrogen-bond acceptors (Lipinski definition) is 2. The lowest BCUT2D eigenvalue weighted by Crippen LogP contribution is -2.19. The molecule has 1 fully saturated rings. The van der Waals surface area contributed by atoms with Gasteiger partial charge in [-0.15, -0.1) is 0 Å². The van der Waals surface area contributed by atoms with Crippen molar-refractivity contribution < 1.29 is 4.74 Å². The van der Waals surface area contributed by atoms with Crippen molar-refractivity contribution in [3.63, 3.8) is 0 Å². The molecule has 0 N–H and O–H groups in total. The molecule has 1 aliphatic heterocycles. The lowest BCUT2D eigenvalue weighted by Gasteiger charge is -2.20. The van der Waals surface area contributed by atoms with Crippen LogP contribution in [0.4, 0.5) is 0 Å². The zero-order chi connectivity index (χ0) is 10.8. The Morgan fingerprint density at radius 3 is 3.25 bits per heavy atom. The zero-order valence-corrected chi connectivity index (χ0v) is 9.30. The van der Waals surface area contributed by atoms with Crippen molar-refractivity contribution in [3.8, 4) is 0 Å². The van der Waals surface area contributed by atoms with Gasteiger partial charge in [-0.2, -0.15) is 0 Å². The van der Waals surface area contributed by atoms with Crippen LogP contribution in [0.3, 0.4) is 0 Å². The molecule has 0 spiro atoms. The Morgan fingerprint density at radius 1 is 1.44 bits per heavy atom. The molecular weight excluding hydrogens is 200 g/mol. The smallest absolute Gasteiger partial charge is 0.136 e. The maximum Gasteiger partial charge on any atom is 0.136 e. The first kappa shape index (κ1) is 9.85. The maximum absolute atomic E-state index is 5.49. The molecule has 1 aliphatic rings. The van der Waals surface area contributed by atoms with Crippen molar-refractivity contribution in [1.82, 2.24) is 9.38 Å².